The summed E-state index contributed by atoms with van der Waals surface area (Å²) in [4.78, 5) is 44.5. The van der Waals surface area contributed by atoms with Crippen LogP contribution in [0.1, 0.15) is 60.6 Å². The van der Waals surface area contributed by atoms with Gasteiger partial charge in [-0.3, -0.25) is 19.3 Å². The van der Waals surface area contributed by atoms with Crippen molar-refractivity contribution < 1.29 is 41.8 Å². The molecule has 48 heavy (non-hydrogen) atoms. The largest absolute Gasteiger partial charge is 0.497 e. The van der Waals surface area contributed by atoms with Crippen LogP contribution in [0.4, 0.5) is 23.2 Å². The first kappa shape index (κ1) is 35.4. The fourth-order valence-corrected chi connectivity index (χ4v) is 7.34. The van der Waals surface area contributed by atoms with E-state index in [1.165, 1.54) is 23.0 Å². The molecule has 3 saturated heterocycles. The summed E-state index contributed by atoms with van der Waals surface area (Å²) in [6.45, 7) is 1.56. The highest BCUT2D eigenvalue weighted by molar-refractivity contribution is 5.87. The molecule has 0 aromatic heterocycles. The van der Waals surface area contributed by atoms with E-state index in [1.807, 2.05) is 9.80 Å². The maximum atomic E-state index is 17.2. The van der Waals surface area contributed by atoms with Crippen LogP contribution in [-0.2, 0) is 20.6 Å². The number of hydrogen-bond donors (Lipinski definition) is 1. The lowest BCUT2D eigenvalue weighted by Crippen LogP contribution is -2.52. The lowest BCUT2D eigenvalue weighted by molar-refractivity contribution is -0.145. The maximum absolute atomic E-state index is 17.2. The third kappa shape index (κ3) is 7.55. The third-order valence-corrected chi connectivity index (χ3v) is 10.2. The van der Waals surface area contributed by atoms with Crippen LogP contribution in [0, 0.1) is 5.92 Å². The van der Waals surface area contributed by atoms with Crippen molar-refractivity contribution in [3.05, 3.63) is 59.2 Å². The molecule has 3 aliphatic heterocycles. The molecule has 262 valence electrons. The van der Waals surface area contributed by atoms with Gasteiger partial charge in [0.25, 0.3) is 5.91 Å². The third-order valence-electron chi connectivity index (χ3n) is 10.2. The summed E-state index contributed by atoms with van der Waals surface area (Å²) in [5, 5.41) is 9.41. The minimum atomic E-state index is -4.53. The van der Waals surface area contributed by atoms with Crippen LogP contribution in [0.2, 0.25) is 0 Å². The predicted octanol–water partition coefficient (Wildman–Crippen LogP) is 5.01. The van der Waals surface area contributed by atoms with Crippen molar-refractivity contribution in [2.45, 2.75) is 55.8 Å². The van der Waals surface area contributed by atoms with E-state index in [0.29, 0.717) is 62.3 Å². The molecule has 2 aromatic rings. The van der Waals surface area contributed by atoms with Crippen molar-refractivity contribution in [1.29, 1.82) is 0 Å². The Bertz CT molecular complexity index is 1470. The number of likely N-dealkylation sites (tertiary alicyclic amines) is 2. The van der Waals surface area contributed by atoms with Gasteiger partial charge < -0.3 is 24.5 Å². The average molecular weight is 677 g/mol. The molecule has 9 nitrogen and oxygen atoms in total. The summed E-state index contributed by atoms with van der Waals surface area (Å²) in [5.74, 6) is -2.45. The van der Waals surface area contributed by atoms with E-state index in [2.05, 4.69) is 0 Å². The van der Waals surface area contributed by atoms with Crippen LogP contribution in [0.5, 0.6) is 5.75 Å². The number of carbonyl (C=O) groups is 3. The Morgan fingerprint density at radius 2 is 1.62 bits per heavy atom. The number of carboxylic acids is 1. The fraction of sp³-hybridized carbons (Fsp3) is 0.571. The number of methoxy groups -OCH3 is 1. The average Bonchev–Trinajstić information content (AvgIpc) is 3.43. The molecule has 5 rings (SSSR count). The molecule has 1 unspecified atom stereocenters. The number of alkyl halides is 4. The van der Waals surface area contributed by atoms with Crippen LogP contribution in [0.15, 0.2) is 42.5 Å². The Labute approximate surface area is 278 Å². The molecule has 13 heteroatoms. The Balaban J connectivity index is 1.33. The highest BCUT2D eigenvalue weighted by atomic mass is 19.4. The quantitative estimate of drug-likeness (QED) is 0.374. The van der Waals surface area contributed by atoms with Gasteiger partial charge in [-0.25, -0.2) is 4.39 Å². The number of nitrogens with zero attached hydrogens (tertiary/aromatic N) is 4. The molecule has 2 amide bonds. The number of carbonyl (C=O) groups excluding carboxylic acids is 2. The van der Waals surface area contributed by atoms with E-state index in [0.717, 1.165) is 17.7 Å². The van der Waals surface area contributed by atoms with Crippen molar-refractivity contribution in [1.82, 2.24) is 14.7 Å². The second-order valence-corrected chi connectivity index (χ2v) is 13.4. The van der Waals surface area contributed by atoms with Gasteiger partial charge >= 0.3 is 12.1 Å². The molecular formula is C35H44F4N4O5. The van der Waals surface area contributed by atoms with Gasteiger partial charge in [0.1, 0.15) is 5.75 Å². The summed E-state index contributed by atoms with van der Waals surface area (Å²) >= 11 is 0. The van der Waals surface area contributed by atoms with Crippen molar-refractivity contribution in [2.24, 2.45) is 5.92 Å². The number of piperidine rings is 2. The molecule has 0 saturated carbocycles. The number of rotatable bonds is 9. The van der Waals surface area contributed by atoms with Gasteiger partial charge in [-0.15, -0.1) is 0 Å². The smallest absolute Gasteiger partial charge is 0.416 e. The van der Waals surface area contributed by atoms with Crippen molar-refractivity contribution in [3.8, 4) is 5.75 Å². The Morgan fingerprint density at radius 3 is 2.19 bits per heavy atom. The number of ether oxygens (including phenoxy) is 1. The van der Waals surface area contributed by atoms with Crippen molar-refractivity contribution >= 4 is 23.5 Å². The zero-order chi connectivity index (χ0) is 34.8. The van der Waals surface area contributed by atoms with Crippen LogP contribution < -0.4 is 9.64 Å². The summed E-state index contributed by atoms with van der Waals surface area (Å²) in [5.41, 5.74) is -1.18. The monoisotopic (exact) mass is 676 g/mol. The summed E-state index contributed by atoms with van der Waals surface area (Å²) in [7, 11) is 4.86. The number of carboxylic acid groups (broad SMARTS) is 1. The maximum Gasteiger partial charge on any atom is 0.416 e. The van der Waals surface area contributed by atoms with Gasteiger partial charge in [0, 0.05) is 77.9 Å². The standard InChI is InChI=1S/C35H44F4N4O5/c1-40(2)31(44)14-15-41-21-29(24-4-7-27(48-3)8-5-24)34(36,22-41)33(47)43-18-10-23(11-19-43)28-9-6-26(35(37,38)39)20-30(28)42-16-12-25(13-17-42)32(45)46/h4-9,20,23,25,29H,10-19,21-22H2,1-3H3,(H,45,46)/t29?,34-/m0/s1. The molecule has 0 spiro atoms. The molecule has 0 radical (unpaired) electrons. The molecular weight excluding hydrogens is 632 g/mol. The molecule has 3 heterocycles. The van der Waals surface area contributed by atoms with E-state index in [9.17, 15) is 32.7 Å². The molecule has 0 aliphatic carbocycles. The van der Waals surface area contributed by atoms with Gasteiger partial charge in [0.05, 0.1) is 18.6 Å². The summed E-state index contributed by atoms with van der Waals surface area (Å²) in [6.07, 6.45) is -2.77. The van der Waals surface area contributed by atoms with Crippen molar-refractivity contribution in [2.75, 3.05) is 71.9 Å². The second-order valence-electron chi connectivity index (χ2n) is 13.4. The Morgan fingerprint density at radius 1 is 0.979 bits per heavy atom. The van der Waals surface area contributed by atoms with Crippen LogP contribution >= 0.6 is 0 Å². The number of benzene rings is 2. The normalized spacial score (nSPS) is 22.9. The van der Waals surface area contributed by atoms with E-state index in [1.54, 1.807) is 38.4 Å². The van der Waals surface area contributed by atoms with Gasteiger partial charge in [0.15, 0.2) is 0 Å². The molecule has 2 atom stereocenters. The number of anilines is 1. The lowest BCUT2D eigenvalue weighted by atomic mass is 9.83. The Hall–Kier alpha value is -3.87. The van der Waals surface area contributed by atoms with Gasteiger partial charge in [-0.2, -0.15) is 13.2 Å². The first-order valence-electron chi connectivity index (χ1n) is 16.4. The predicted molar refractivity (Wildman–Crippen MR) is 172 cm³/mol. The number of halogens is 4. The van der Waals surface area contributed by atoms with Crippen LogP contribution in [0.25, 0.3) is 0 Å². The highest BCUT2D eigenvalue weighted by Crippen LogP contribution is 2.44. The summed E-state index contributed by atoms with van der Waals surface area (Å²) < 4.78 is 63.7. The van der Waals surface area contributed by atoms with Gasteiger partial charge in [-0.1, -0.05) is 18.2 Å². The first-order chi connectivity index (χ1) is 22.7. The minimum Gasteiger partial charge on any atom is -0.497 e. The van der Waals surface area contributed by atoms with Crippen LogP contribution in [-0.4, -0.2) is 110 Å². The minimum absolute atomic E-state index is 0.0883. The molecule has 1 N–H and O–H groups in total. The fourth-order valence-electron chi connectivity index (χ4n) is 7.34. The number of aliphatic carboxylic acids is 1. The SMILES string of the molecule is COc1ccc(C2CN(CCC(=O)N(C)C)C[C@@]2(F)C(=O)N2CCC(c3ccc(C(F)(F)F)cc3N3CCC(C(=O)O)CC3)CC2)cc1. The highest BCUT2D eigenvalue weighted by Gasteiger charge is 2.55. The van der Waals surface area contributed by atoms with Crippen molar-refractivity contribution in [3.63, 3.8) is 0 Å². The van der Waals surface area contributed by atoms with E-state index < -0.39 is 41.1 Å². The molecule has 3 fully saturated rings. The number of hydrogen-bond acceptors (Lipinski definition) is 6. The molecule has 3 aliphatic rings. The zero-order valence-corrected chi connectivity index (χ0v) is 27.6. The van der Waals surface area contributed by atoms with Crippen LogP contribution in [0.3, 0.4) is 0 Å². The van der Waals surface area contributed by atoms with E-state index >= 15 is 4.39 Å². The first-order valence-corrected chi connectivity index (χ1v) is 16.4. The number of amides is 2. The molecule has 0 bridgehead atoms. The summed E-state index contributed by atoms with van der Waals surface area (Å²) in [6, 6.07) is 10.7. The molecule has 2 aromatic carbocycles. The van der Waals surface area contributed by atoms with Gasteiger partial charge in [0.2, 0.25) is 11.6 Å². The zero-order valence-electron chi connectivity index (χ0n) is 27.6. The Kier molecular flexibility index (Phi) is 10.6. The van der Waals surface area contributed by atoms with E-state index in [4.69, 9.17) is 4.74 Å². The second kappa shape index (κ2) is 14.3. The topological polar surface area (TPSA) is 93.6 Å². The van der Waals surface area contributed by atoms with Gasteiger partial charge in [-0.05, 0) is 67.0 Å². The lowest BCUT2D eigenvalue weighted by Gasteiger charge is -2.39. The van der Waals surface area contributed by atoms with E-state index in [-0.39, 0.29) is 44.4 Å².